The summed E-state index contributed by atoms with van der Waals surface area (Å²) in [6, 6.07) is 9.43. The minimum atomic E-state index is -3.52. The smallest absolute Gasteiger partial charge is 0.279 e. The molecule has 1 heterocycles. The molecule has 1 amide bonds. The molecule has 1 aromatic carbocycles. The number of aromatic nitrogens is 3. The van der Waals surface area contributed by atoms with Gasteiger partial charge in [-0.05, 0) is 57.3 Å². The number of nitrogens with zero attached hydrogens (tertiary/aromatic N) is 3. The predicted molar refractivity (Wildman–Crippen MR) is 150 cm³/mol. The van der Waals surface area contributed by atoms with Crippen molar-refractivity contribution < 1.29 is 13.2 Å². The lowest BCUT2D eigenvalue weighted by molar-refractivity contribution is 0.260. The van der Waals surface area contributed by atoms with Gasteiger partial charge in [-0.25, -0.2) is 18.1 Å². The van der Waals surface area contributed by atoms with E-state index in [2.05, 4.69) is 44.0 Å². The highest BCUT2D eigenvalue weighted by molar-refractivity contribution is 8.14. The molecule has 0 spiro atoms. The van der Waals surface area contributed by atoms with Gasteiger partial charge < -0.3 is 10.2 Å². The van der Waals surface area contributed by atoms with Crippen LogP contribution in [0.15, 0.2) is 30.3 Å². The molecular weight excluding hydrogens is 508 g/mol. The zero-order chi connectivity index (χ0) is 26.5. The van der Waals surface area contributed by atoms with E-state index in [9.17, 15) is 13.2 Å². The van der Waals surface area contributed by atoms with Gasteiger partial charge in [-0.1, -0.05) is 75.2 Å². The molecule has 3 N–H and O–H groups in total. The molecule has 11 heteroatoms. The van der Waals surface area contributed by atoms with Crippen LogP contribution in [0.4, 0.5) is 4.79 Å². The van der Waals surface area contributed by atoms with E-state index in [1.165, 1.54) is 31.0 Å². The van der Waals surface area contributed by atoms with Gasteiger partial charge in [0.15, 0.2) is 5.82 Å². The van der Waals surface area contributed by atoms with E-state index in [4.69, 9.17) is 0 Å². The summed E-state index contributed by atoms with van der Waals surface area (Å²) in [7, 11) is -3.52. The quantitative estimate of drug-likeness (QED) is 0.300. The van der Waals surface area contributed by atoms with Crippen LogP contribution in [0.25, 0.3) is 0 Å². The number of H-pyrrole nitrogens is 1. The molecule has 0 radical (unpaired) electrons. The monoisotopic (exact) mass is 550 g/mol. The summed E-state index contributed by atoms with van der Waals surface area (Å²) in [5, 5.41) is 10.4. The maximum atomic E-state index is 12.9. The van der Waals surface area contributed by atoms with Crippen LogP contribution in [0.1, 0.15) is 82.0 Å². The van der Waals surface area contributed by atoms with Crippen LogP contribution in [0.5, 0.6) is 0 Å². The number of rotatable bonds is 15. The normalized spacial score (nSPS) is 15.6. The van der Waals surface area contributed by atoms with E-state index in [1.807, 2.05) is 30.3 Å². The van der Waals surface area contributed by atoms with Gasteiger partial charge in [0.2, 0.25) is 10.0 Å². The fourth-order valence-corrected chi connectivity index (χ4v) is 6.89. The van der Waals surface area contributed by atoms with Crippen molar-refractivity contribution in [3.8, 4) is 0 Å². The largest absolute Gasteiger partial charge is 0.340 e. The molecule has 0 unspecified atom stereocenters. The van der Waals surface area contributed by atoms with Crippen LogP contribution in [-0.2, 0) is 23.0 Å². The Morgan fingerprint density at radius 2 is 1.89 bits per heavy atom. The Kier molecular flexibility index (Phi) is 12.4. The van der Waals surface area contributed by atoms with Crippen LogP contribution < -0.4 is 10.0 Å². The lowest BCUT2D eigenvalue weighted by Gasteiger charge is -2.20. The molecule has 206 valence electrons. The van der Waals surface area contributed by atoms with Gasteiger partial charge in [0.1, 0.15) is 5.82 Å². The van der Waals surface area contributed by atoms with Crippen molar-refractivity contribution in [3.05, 3.63) is 47.5 Å². The van der Waals surface area contributed by atoms with Crippen LogP contribution in [0.2, 0.25) is 0 Å². The van der Waals surface area contributed by atoms with Crippen molar-refractivity contribution in [2.24, 2.45) is 0 Å². The van der Waals surface area contributed by atoms with E-state index in [0.29, 0.717) is 36.2 Å². The fraction of sp³-hybridized carbons (Fsp3) is 0.654. The molecule has 1 fully saturated rings. The third-order valence-corrected chi connectivity index (χ3v) is 9.40. The van der Waals surface area contributed by atoms with Gasteiger partial charge in [0, 0.05) is 5.25 Å². The number of hydrogen-bond donors (Lipinski definition) is 3. The fourth-order valence-electron chi connectivity index (χ4n) is 4.57. The second kappa shape index (κ2) is 15.5. The first-order valence-electron chi connectivity index (χ1n) is 13.5. The third kappa shape index (κ3) is 10.7. The number of amides is 1. The topological polar surface area (TPSA) is 120 Å². The summed E-state index contributed by atoms with van der Waals surface area (Å²) < 4.78 is 28.7. The molecule has 0 bridgehead atoms. The third-order valence-electron chi connectivity index (χ3n) is 6.76. The molecule has 1 atom stereocenters. The number of hydrogen-bond acceptors (Lipinski definition) is 7. The second-order valence-electron chi connectivity index (χ2n) is 9.55. The van der Waals surface area contributed by atoms with E-state index >= 15 is 0 Å². The zero-order valence-electron chi connectivity index (χ0n) is 22.1. The molecule has 0 saturated heterocycles. The summed E-state index contributed by atoms with van der Waals surface area (Å²) in [4.78, 5) is 19.1. The Balaban J connectivity index is 1.59. The molecule has 1 saturated carbocycles. The maximum Gasteiger partial charge on any atom is 0.279 e. The number of nitrogens with one attached hydrogen (secondary N) is 3. The molecular formula is C26H42N6O3S2. The number of aryl methyl sites for hydroxylation is 1. The van der Waals surface area contributed by atoms with Crippen LogP contribution >= 0.6 is 11.8 Å². The first-order chi connectivity index (χ1) is 17.9. The first kappa shape index (κ1) is 29.6. The summed E-state index contributed by atoms with van der Waals surface area (Å²) in [6.07, 6.45) is 7.59. The number of thioether (sulfide) groups is 1. The summed E-state index contributed by atoms with van der Waals surface area (Å²) in [5.74, 6) is 0.964. The van der Waals surface area contributed by atoms with Crippen molar-refractivity contribution in [2.75, 3.05) is 25.4 Å². The molecule has 0 aliphatic heterocycles. The Morgan fingerprint density at radius 1 is 1.16 bits per heavy atom. The van der Waals surface area contributed by atoms with Crippen LogP contribution in [0, 0.1) is 0 Å². The van der Waals surface area contributed by atoms with Crippen molar-refractivity contribution >= 4 is 27.0 Å². The Morgan fingerprint density at radius 3 is 2.59 bits per heavy atom. The number of carbonyl (C=O) groups is 1. The molecule has 37 heavy (non-hydrogen) atoms. The van der Waals surface area contributed by atoms with E-state index in [-0.39, 0.29) is 17.5 Å². The molecule has 1 aliphatic rings. The highest BCUT2D eigenvalue weighted by atomic mass is 32.2. The minimum absolute atomic E-state index is 0.0563. The lowest BCUT2D eigenvalue weighted by Crippen LogP contribution is -2.33. The molecule has 1 aromatic heterocycles. The second-order valence-corrected chi connectivity index (χ2v) is 12.7. The highest BCUT2D eigenvalue weighted by Gasteiger charge is 2.23. The minimum Gasteiger partial charge on any atom is -0.340 e. The standard InChI is InChI=1S/C26H42N6O3S2/c1-3-32(4-2)18-11-19-37(34,35)31-23(17-16-21-12-7-5-8-13-21)25-28-24(29-30-25)20-27-26(33)36-22-14-9-6-10-15-22/h5,7-8,12-13,22-23,31H,3-4,6,9-11,14-20H2,1-2H3,(H,27,33)(H,28,29,30)/t23-/m1/s1. The number of benzene rings is 1. The van der Waals surface area contributed by atoms with Crippen molar-refractivity contribution in [1.82, 2.24) is 30.1 Å². The maximum absolute atomic E-state index is 12.9. The Hall–Kier alpha value is -1.95. The van der Waals surface area contributed by atoms with Gasteiger partial charge in [0.05, 0.1) is 18.3 Å². The Bertz CT molecular complexity index is 1040. The summed E-state index contributed by atoms with van der Waals surface area (Å²) >= 11 is 1.37. The lowest BCUT2D eigenvalue weighted by atomic mass is 10.0. The number of carbonyl (C=O) groups excluding carboxylic acids is 1. The van der Waals surface area contributed by atoms with Gasteiger partial charge in [-0.15, -0.1) is 0 Å². The molecule has 9 nitrogen and oxygen atoms in total. The summed E-state index contributed by atoms with van der Waals surface area (Å²) in [5.41, 5.74) is 1.12. The predicted octanol–water partition coefficient (Wildman–Crippen LogP) is 4.41. The zero-order valence-corrected chi connectivity index (χ0v) is 23.7. The van der Waals surface area contributed by atoms with Gasteiger partial charge in [0.25, 0.3) is 5.24 Å². The number of sulfonamides is 1. The van der Waals surface area contributed by atoms with E-state index < -0.39 is 16.1 Å². The summed E-state index contributed by atoms with van der Waals surface area (Å²) in [6.45, 7) is 6.91. The van der Waals surface area contributed by atoms with Crippen molar-refractivity contribution in [2.45, 2.75) is 83.1 Å². The first-order valence-corrected chi connectivity index (χ1v) is 16.0. The highest BCUT2D eigenvalue weighted by Crippen LogP contribution is 2.28. The van der Waals surface area contributed by atoms with Gasteiger partial charge in [-0.3, -0.25) is 9.89 Å². The van der Waals surface area contributed by atoms with Gasteiger partial charge in [-0.2, -0.15) is 5.10 Å². The SMILES string of the molecule is CCN(CC)CCCS(=O)(=O)N[C@H](CCc1ccccc1)c1nc(CNC(=O)SC2CCCCC2)n[nH]1. The van der Waals surface area contributed by atoms with E-state index in [0.717, 1.165) is 38.0 Å². The Labute approximate surface area is 226 Å². The average molecular weight is 551 g/mol. The van der Waals surface area contributed by atoms with Gasteiger partial charge >= 0.3 is 0 Å². The van der Waals surface area contributed by atoms with Crippen LogP contribution in [0.3, 0.4) is 0 Å². The van der Waals surface area contributed by atoms with Crippen molar-refractivity contribution in [3.63, 3.8) is 0 Å². The van der Waals surface area contributed by atoms with Crippen molar-refractivity contribution in [1.29, 1.82) is 0 Å². The number of aromatic amines is 1. The average Bonchev–Trinajstić information content (AvgIpc) is 3.38. The van der Waals surface area contributed by atoms with Crippen LogP contribution in [-0.4, -0.2) is 64.4 Å². The molecule has 3 rings (SSSR count). The van der Waals surface area contributed by atoms with E-state index in [1.54, 1.807) is 0 Å². The molecule has 1 aliphatic carbocycles. The molecule has 2 aromatic rings.